The van der Waals surface area contributed by atoms with Crippen LogP contribution < -0.4 is 10.5 Å². The Morgan fingerprint density at radius 2 is 2.04 bits per heavy atom. The van der Waals surface area contributed by atoms with Crippen molar-refractivity contribution in [2.24, 2.45) is 22.6 Å². The topological polar surface area (TPSA) is 105 Å². The maximum atomic E-state index is 12.7. The molecule has 4 rings (SSSR count). The summed E-state index contributed by atoms with van der Waals surface area (Å²) in [6.45, 7) is 3.12. The van der Waals surface area contributed by atoms with Crippen molar-refractivity contribution in [2.75, 3.05) is 13.1 Å². The number of sulfonamides is 1. The molecule has 4 unspecified atom stereocenters. The van der Waals surface area contributed by atoms with E-state index in [1.165, 1.54) is 6.07 Å². The van der Waals surface area contributed by atoms with Crippen molar-refractivity contribution in [1.82, 2.24) is 9.62 Å². The molecule has 0 spiro atoms. The quantitative estimate of drug-likeness (QED) is 0.766. The number of hydrogen-bond acceptors (Lipinski definition) is 5. The minimum atomic E-state index is -3.59. The van der Waals surface area contributed by atoms with Crippen LogP contribution in [0.1, 0.15) is 25.3 Å². The number of halogens is 1. The Kier molecular flexibility index (Phi) is 5.02. The lowest BCUT2D eigenvalue weighted by molar-refractivity contribution is -0.131. The number of nitrogens with one attached hydrogen (secondary N) is 1. The Morgan fingerprint density at radius 3 is 2.77 bits per heavy atom. The van der Waals surface area contributed by atoms with Crippen molar-refractivity contribution in [3.63, 3.8) is 0 Å². The summed E-state index contributed by atoms with van der Waals surface area (Å²) in [6.07, 6.45) is 2.11. The minimum absolute atomic E-state index is 0. The highest BCUT2D eigenvalue weighted by Gasteiger charge is 2.43. The van der Waals surface area contributed by atoms with E-state index in [0.29, 0.717) is 23.9 Å². The van der Waals surface area contributed by atoms with Gasteiger partial charge in [-0.15, -0.1) is 12.4 Å². The predicted molar refractivity (Wildman–Crippen MR) is 101 cm³/mol. The summed E-state index contributed by atoms with van der Waals surface area (Å²) < 4.78 is 26.7. The molecule has 2 fully saturated rings. The zero-order chi connectivity index (χ0) is 17.8. The molecule has 1 saturated carbocycles. The zero-order valence-electron chi connectivity index (χ0n) is 14.5. The molecule has 9 heteroatoms. The number of rotatable bonds is 2. The van der Waals surface area contributed by atoms with Gasteiger partial charge in [-0.05, 0) is 43.7 Å². The third-order valence-electron chi connectivity index (χ3n) is 5.57. The van der Waals surface area contributed by atoms with Crippen molar-refractivity contribution >= 4 is 34.2 Å². The largest absolute Gasteiger partial charge is 0.340 e. The minimum Gasteiger partial charge on any atom is -0.340 e. The summed E-state index contributed by atoms with van der Waals surface area (Å²) in [7, 11) is -3.59. The Hall–Kier alpha value is -1.64. The smallest absolute Gasteiger partial charge is 0.263 e. The van der Waals surface area contributed by atoms with Gasteiger partial charge >= 0.3 is 0 Å². The Bertz CT molecular complexity index is 857. The lowest BCUT2D eigenvalue weighted by Gasteiger charge is -2.21. The molecule has 2 heterocycles. The summed E-state index contributed by atoms with van der Waals surface area (Å²) in [5, 5.41) is 0. The molecule has 1 aliphatic carbocycles. The molecule has 1 aromatic rings. The van der Waals surface area contributed by atoms with E-state index in [4.69, 9.17) is 5.73 Å². The zero-order valence-corrected chi connectivity index (χ0v) is 16.1. The summed E-state index contributed by atoms with van der Waals surface area (Å²) in [5.41, 5.74) is 6.65. The van der Waals surface area contributed by atoms with Gasteiger partial charge in [0.25, 0.3) is 10.0 Å². The molecule has 1 saturated heterocycles. The van der Waals surface area contributed by atoms with Crippen LogP contribution in [-0.4, -0.2) is 50.2 Å². The standard InChI is InChI=1S/C17H22N4O3S.ClH/c1-10(17(22)21-8-11-6-7-14(18)13(11)9-21)19-16-12-4-2-3-5-15(12)25(23,24)20-16;/h2-5,10-11,13-14H,6-9,18H2,1H3,(H,19,20);1H. The van der Waals surface area contributed by atoms with Crippen LogP contribution in [-0.2, 0) is 14.8 Å². The number of benzene rings is 1. The normalized spacial score (nSPS) is 31.1. The van der Waals surface area contributed by atoms with Crippen LogP contribution in [0, 0.1) is 11.8 Å². The number of hydrogen-bond donors (Lipinski definition) is 2. The Balaban J connectivity index is 0.00000196. The fourth-order valence-electron chi connectivity index (χ4n) is 4.23. The van der Waals surface area contributed by atoms with E-state index >= 15 is 0 Å². The van der Waals surface area contributed by atoms with Gasteiger partial charge in [0.2, 0.25) is 5.91 Å². The first-order valence-electron chi connectivity index (χ1n) is 8.61. The molecule has 1 amide bonds. The highest BCUT2D eigenvalue weighted by atomic mass is 35.5. The molecule has 7 nitrogen and oxygen atoms in total. The lowest BCUT2D eigenvalue weighted by atomic mass is 9.98. The number of likely N-dealkylation sites (tertiary alicyclic amines) is 1. The van der Waals surface area contributed by atoms with E-state index in [1.54, 1.807) is 25.1 Å². The second-order valence-corrected chi connectivity index (χ2v) is 8.81. The second kappa shape index (κ2) is 6.83. The molecular weight excluding hydrogens is 376 g/mol. The molecule has 0 bridgehead atoms. The van der Waals surface area contributed by atoms with Gasteiger partial charge in [-0.25, -0.2) is 8.42 Å². The number of fused-ring (bicyclic) bond motifs is 2. The third kappa shape index (κ3) is 3.10. The number of aliphatic imine (C=N–C) groups is 1. The molecule has 26 heavy (non-hydrogen) atoms. The van der Waals surface area contributed by atoms with Gasteiger partial charge in [-0.1, -0.05) is 12.1 Å². The van der Waals surface area contributed by atoms with E-state index in [9.17, 15) is 13.2 Å². The number of nitrogens with zero attached hydrogens (tertiary/aromatic N) is 2. The molecule has 142 valence electrons. The summed E-state index contributed by atoms with van der Waals surface area (Å²) in [4.78, 5) is 19.2. The Morgan fingerprint density at radius 1 is 1.31 bits per heavy atom. The number of amides is 1. The number of carbonyl (C=O) groups excluding carboxylic acids is 1. The van der Waals surface area contributed by atoms with E-state index in [2.05, 4.69) is 9.71 Å². The summed E-state index contributed by atoms with van der Waals surface area (Å²) in [6, 6.07) is 6.20. The van der Waals surface area contributed by atoms with Gasteiger partial charge in [-0.2, -0.15) is 0 Å². The first kappa shape index (κ1) is 19.1. The van der Waals surface area contributed by atoms with Crippen molar-refractivity contribution in [3.8, 4) is 0 Å². The molecule has 2 aliphatic heterocycles. The number of amidine groups is 1. The summed E-state index contributed by atoms with van der Waals surface area (Å²) in [5.74, 6) is 1.05. The average Bonchev–Trinajstić information content (AvgIpc) is 3.22. The van der Waals surface area contributed by atoms with E-state index in [1.807, 2.05) is 4.90 Å². The second-order valence-electron chi connectivity index (χ2n) is 7.16. The molecule has 0 radical (unpaired) electrons. The fourth-order valence-corrected chi connectivity index (χ4v) is 5.47. The van der Waals surface area contributed by atoms with Gasteiger partial charge in [-0.3, -0.25) is 14.5 Å². The molecule has 3 N–H and O–H groups in total. The van der Waals surface area contributed by atoms with Crippen LogP contribution in [0.2, 0.25) is 0 Å². The van der Waals surface area contributed by atoms with Crippen molar-refractivity contribution in [1.29, 1.82) is 0 Å². The molecule has 4 atom stereocenters. The number of nitrogens with two attached hydrogens (primary N) is 1. The van der Waals surface area contributed by atoms with Crippen LogP contribution in [0.3, 0.4) is 0 Å². The first-order valence-corrected chi connectivity index (χ1v) is 10.1. The van der Waals surface area contributed by atoms with Crippen LogP contribution in [0.5, 0.6) is 0 Å². The van der Waals surface area contributed by atoms with Crippen LogP contribution in [0.25, 0.3) is 0 Å². The van der Waals surface area contributed by atoms with Crippen molar-refractivity contribution in [2.45, 2.75) is 36.7 Å². The maximum Gasteiger partial charge on any atom is 0.263 e. The molecule has 0 aromatic heterocycles. The van der Waals surface area contributed by atoms with E-state index < -0.39 is 16.1 Å². The molecule has 3 aliphatic rings. The SMILES string of the molecule is CC(N=C1NS(=O)(=O)c2ccccc21)C(=O)N1CC2CCC(N)C2C1.Cl. The highest BCUT2D eigenvalue weighted by Crippen LogP contribution is 2.37. The maximum absolute atomic E-state index is 12.7. The number of carbonyl (C=O) groups is 1. The molecule has 1 aromatic carbocycles. The van der Waals surface area contributed by atoms with E-state index in [-0.39, 0.29) is 35.1 Å². The van der Waals surface area contributed by atoms with Crippen LogP contribution in [0.15, 0.2) is 34.2 Å². The van der Waals surface area contributed by atoms with Gasteiger partial charge < -0.3 is 10.6 Å². The lowest BCUT2D eigenvalue weighted by Crippen LogP contribution is -2.38. The monoisotopic (exact) mass is 398 g/mol. The summed E-state index contributed by atoms with van der Waals surface area (Å²) >= 11 is 0. The Labute approximate surface area is 159 Å². The molecular formula is C17H23ClN4O3S. The third-order valence-corrected chi connectivity index (χ3v) is 6.96. The van der Waals surface area contributed by atoms with Gasteiger partial charge in [0.1, 0.15) is 11.9 Å². The van der Waals surface area contributed by atoms with E-state index in [0.717, 1.165) is 19.4 Å². The van der Waals surface area contributed by atoms with Crippen molar-refractivity contribution in [3.05, 3.63) is 29.8 Å². The average molecular weight is 399 g/mol. The predicted octanol–water partition coefficient (Wildman–Crippen LogP) is 0.731. The van der Waals surface area contributed by atoms with Gasteiger partial charge in [0.05, 0.1) is 4.90 Å². The fraction of sp³-hybridized carbons (Fsp3) is 0.529. The highest BCUT2D eigenvalue weighted by molar-refractivity contribution is 7.90. The van der Waals surface area contributed by atoms with Crippen LogP contribution in [0.4, 0.5) is 0 Å². The van der Waals surface area contributed by atoms with Gasteiger partial charge in [0, 0.05) is 24.7 Å². The first-order chi connectivity index (χ1) is 11.9. The van der Waals surface area contributed by atoms with Crippen LogP contribution >= 0.6 is 12.4 Å². The van der Waals surface area contributed by atoms with Crippen molar-refractivity contribution < 1.29 is 13.2 Å². The van der Waals surface area contributed by atoms with Gasteiger partial charge in [0.15, 0.2) is 0 Å².